The number of aliphatic hydroxyl groups excluding tert-OH is 1. The highest BCUT2D eigenvalue weighted by atomic mass is 32.2. The standard InChI is InChI=1S/C13H22O3S/c14-11(8-10-4-1-2-5-10)9-13(12(15)16)6-3-7-17-13/h10-11,14H,1-9H2,(H,15,16). The first-order chi connectivity index (χ1) is 8.12. The predicted molar refractivity (Wildman–Crippen MR) is 69.3 cm³/mol. The molecule has 3 nitrogen and oxygen atoms in total. The maximum atomic E-state index is 11.4. The minimum atomic E-state index is -0.731. The SMILES string of the molecule is O=C(O)C1(CC(O)CC2CCCC2)CCCS1. The molecule has 0 aromatic carbocycles. The van der Waals surface area contributed by atoms with Gasteiger partial charge in [0, 0.05) is 0 Å². The highest BCUT2D eigenvalue weighted by Gasteiger charge is 2.43. The molecule has 0 spiro atoms. The van der Waals surface area contributed by atoms with Gasteiger partial charge in [0.25, 0.3) is 0 Å². The Balaban J connectivity index is 1.86. The summed E-state index contributed by atoms with van der Waals surface area (Å²) < 4.78 is -0.696. The van der Waals surface area contributed by atoms with Crippen LogP contribution in [0.4, 0.5) is 0 Å². The number of carboxylic acids is 1. The molecule has 1 aliphatic carbocycles. The molecule has 0 aromatic heterocycles. The molecule has 1 aliphatic heterocycles. The molecule has 0 radical (unpaired) electrons. The molecule has 1 heterocycles. The minimum Gasteiger partial charge on any atom is -0.480 e. The van der Waals surface area contributed by atoms with Crippen LogP contribution in [0.25, 0.3) is 0 Å². The van der Waals surface area contributed by atoms with Crippen LogP contribution in [-0.4, -0.2) is 32.8 Å². The molecule has 2 unspecified atom stereocenters. The predicted octanol–water partition coefficient (Wildman–Crippen LogP) is 2.67. The topological polar surface area (TPSA) is 57.5 Å². The summed E-state index contributed by atoms with van der Waals surface area (Å²) in [5.74, 6) is 0.815. The summed E-state index contributed by atoms with van der Waals surface area (Å²) in [4.78, 5) is 11.4. The highest BCUT2D eigenvalue weighted by molar-refractivity contribution is 8.01. The summed E-state index contributed by atoms with van der Waals surface area (Å²) in [6.45, 7) is 0. The average molecular weight is 258 g/mol. The van der Waals surface area contributed by atoms with Crippen molar-refractivity contribution in [2.45, 2.75) is 62.2 Å². The van der Waals surface area contributed by atoms with Crippen LogP contribution in [-0.2, 0) is 4.79 Å². The summed E-state index contributed by atoms with van der Waals surface area (Å²) in [5.41, 5.74) is 0. The first-order valence-electron chi connectivity index (χ1n) is 6.68. The Morgan fingerprint density at radius 2 is 2.06 bits per heavy atom. The molecule has 1 saturated carbocycles. The Morgan fingerprint density at radius 1 is 1.35 bits per heavy atom. The lowest BCUT2D eigenvalue weighted by molar-refractivity contribution is -0.141. The summed E-state index contributed by atoms with van der Waals surface area (Å²) >= 11 is 1.52. The number of aliphatic hydroxyl groups is 1. The molecule has 98 valence electrons. The maximum absolute atomic E-state index is 11.4. The van der Waals surface area contributed by atoms with Crippen molar-refractivity contribution < 1.29 is 15.0 Å². The molecule has 0 aromatic rings. The second-order valence-electron chi connectivity index (χ2n) is 5.50. The van der Waals surface area contributed by atoms with Crippen molar-refractivity contribution in [2.24, 2.45) is 5.92 Å². The summed E-state index contributed by atoms with van der Waals surface area (Å²) in [5, 5.41) is 19.4. The third kappa shape index (κ3) is 3.16. The Kier molecular flexibility index (Phi) is 4.36. The maximum Gasteiger partial charge on any atom is 0.319 e. The van der Waals surface area contributed by atoms with Crippen molar-refractivity contribution in [1.82, 2.24) is 0 Å². The molecule has 0 bridgehead atoms. The van der Waals surface area contributed by atoms with Crippen molar-refractivity contribution in [3.05, 3.63) is 0 Å². The molecular formula is C13H22O3S. The quantitative estimate of drug-likeness (QED) is 0.796. The minimum absolute atomic E-state index is 0.431. The van der Waals surface area contributed by atoms with E-state index in [9.17, 15) is 15.0 Å². The number of hydrogen-bond donors (Lipinski definition) is 2. The Bertz CT molecular complexity index is 268. The smallest absolute Gasteiger partial charge is 0.319 e. The summed E-state index contributed by atoms with van der Waals surface area (Å²) in [7, 11) is 0. The lowest BCUT2D eigenvalue weighted by Crippen LogP contribution is -2.36. The number of thioether (sulfide) groups is 1. The second kappa shape index (κ2) is 5.61. The molecule has 2 rings (SSSR count). The van der Waals surface area contributed by atoms with Crippen LogP contribution < -0.4 is 0 Å². The highest BCUT2D eigenvalue weighted by Crippen LogP contribution is 2.43. The normalized spacial score (nSPS) is 31.8. The Morgan fingerprint density at radius 3 is 2.59 bits per heavy atom. The van der Waals surface area contributed by atoms with Crippen LogP contribution in [0.15, 0.2) is 0 Å². The van der Waals surface area contributed by atoms with Gasteiger partial charge in [-0.3, -0.25) is 4.79 Å². The van der Waals surface area contributed by atoms with Crippen molar-refractivity contribution in [2.75, 3.05) is 5.75 Å². The molecule has 2 fully saturated rings. The van der Waals surface area contributed by atoms with Gasteiger partial charge < -0.3 is 10.2 Å². The second-order valence-corrected chi connectivity index (χ2v) is 6.97. The van der Waals surface area contributed by atoms with Gasteiger partial charge in [-0.05, 0) is 37.4 Å². The van der Waals surface area contributed by atoms with E-state index < -0.39 is 16.8 Å². The zero-order valence-electron chi connectivity index (χ0n) is 10.2. The van der Waals surface area contributed by atoms with E-state index in [-0.39, 0.29) is 0 Å². The van der Waals surface area contributed by atoms with Crippen LogP contribution >= 0.6 is 11.8 Å². The van der Waals surface area contributed by atoms with Crippen LogP contribution in [0.2, 0.25) is 0 Å². The fourth-order valence-electron chi connectivity index (χ4n) is 3.21. The van der Waals surface area contributed by atoms with E-state index >= 15 is 0 Å². The molecule has 2 aliphatic rings. The van der Waals surface area contributed by atoms with Crippen LogP contribution in [0.1, 0.15) is 51.4 Å². The van der Waals surface area contributed by atoms with Crippen molar-refractivity contribution in [3.63, 3.8) is 0 Å². The van der Waals surface area contributed by atoms with Gasteiger partial charge in [-0.15, -0.1) is 11.8 Å². The van der Waals surface area contributed by atoms with E-state index in [1.54, 1.807) is 0 Å². The van der Waals surface area contributed by atoms with Gasteiger partial charge >= 0.3 is 5.97 Å². The van der Waals surface area contributed by atoms with Gasteiger partial charge in [-0.2, -0.15) is 0 Å². The summed E-state index contributed by atoms with van der Waals surface area (Å²) in [6.07, 6.45) is 7.46. The van der Waals surface area contributed by atoms with Gasteiger partial charge in [0.2, 0.25) is 0 Å². The van der Waals surface area contributed by atoms with Gasteiger partial charge in [0.15, 0.2) is 0 Å². The summed E-state index contributed by atoms with van der Waals surface area (Å²) in [6, 6.07) is 0. The van der Waals surface area contributed by atoms with Gasteiger partial charge in [0.1, 0.15) is 4.75 Å². The van der Waals surface area contributed by atoms with E-state index in [1.165, 1.54) is 37.4 Å². The van der Waals surface area contributed by atoms with Crippen LogP contribution in [0.5, 0.6) is 0 Å². The van der Waals surface area contributed by atoms with Gasteiger partial charge in [0.05, 0.1) is 6.10 Å². The lowest BCUT2D eigenvalue weighted by atomic mass is 9.90. The molecule has 1 saturated heterocycles. The van der Waals surface area contributed by atoms with Crippen molar-refractivity contribution in [1.29, 1.82) is 0 Å². The number of carboxylic acid groups (broad SMARTS) is 1. The lowest BCUT2D eigenvalue weighted by Gasteiger charge is -2.27. The molecule has 4 heteroatoms. The first kappa shape index (κ1) is 13.2. The van der Waals surface area contributed by atoms with E-state index in [4.69, 9.17) is 0 Å². The Labute approximate surface area is 107 Å². The van der Waals surface area contributed by atoms with E-state index in [0.29, 0.717) is 18.8 Å². The van der Waals surface area contributed by atoms with Crippen molar-refractivity contribution in [3.8, 4) is 0 Å². The fourth-order valence-corrected chi connectivity index (χ4v) is 4.61. The monoisotopic (exact) mass is 258 g/mol. The number of hydrogen-bond acceptors (Lipinski definition) is 3. The average Bonchev–Trinajstić information content (AvgIpc) is 2.89. The van der Waals surface area contributed by atoms with Crippen molar-refractivity contribution >= 4 is 17.7 Å². The Hall–Kier alpha value is -0.220. The number of carbonyl (C=O) groups is 1. The first-order valence-corrected chi connectivity index (χ1v) is 7.66. The van der Waals surface area contributed by atoms with E-state index in [0.717, 1.165) is 18.6 Å². The fraction of sp³-hybridized carbons (Fsp3) is 0.923. The largest absolute Gasteiger partial charge is 0.480 e. The van der Waals surface area contributed by atoms with E-state index in [2.05, 4.69) is 0 Å². The van der Waals surface area contributed by atoms with Gasteiger partial charge in [-0.25, -0.2) is 0 Å². The van der Waals surface area contributed by atoms with E-state index in [1.807, 2.05) is 0 Å². The van der Waals surface area contributed by atoms with Gasteiger partial charge in [-0.1, -0.05) is 25.7 Å². The molecular weight excluding hydrogens is 236 g/mol. The number of aliphatic carboxylic acids is 1. The molecule has 17 heavy (non-hydrogen) atoms. The van der Waals surface area contributed by atoms with Crippen LogP contribution in [0.3, 0.4) is 0 Å². The molecule has 2 atom stereocenters. The zero-order chi connectivity index (χ0) is 12.3. The molecule has 0 amide bonds. The third-order valence-electron chi connectivity index (χ3n) is 4.14. The third-order valence-corrected chi connectivity index (χ3v) is 5.73. The van der Waals surface area contributed by atoms with Crippen LogP contribution in [0, 0.1) is 5.92 Å². The number of rotatable bonds is 5. The molecule has 2 N–H and O–H groups in total. The zero-order valence-corrected chi connectivity index (χ0v) is 11.0.